The van der Waals surface area contributed by atoms with Crippen molar-refractivity contribution in [3.8, 4) is 0 Å². The molecule has 0 aliphatic carbocycles. The maximum atomic E-state index is 4.38. The quantitative estimate of drug-likeness (QED) is 0.823. The molecule has 3 heterocycles. The second kappa shape index (κ2) is 5.90. The third kappa shape index (κ3) is 2.89. The summed E-state index contributed by atoms with van der Waals surface area (Å²) >= 11 is 0. The van der Waals surface area contributed by atoms with Crippen LogP contribution in [0, 0.1) is 0 Å². The highest BCUT2D eigenvalue weighted by Crippen LogP contribution is 2.20. The third-order valence-electron chi connectivity index (χ3n) is 3.68. The van der Waals surface area contributed by atoms with Gasteiger partial charge in [0.1, 0.15) is 18.0 Å². The van der Waals surface area contributed by atoms with Gasteiger partial charge in [-0.05, 0) is 18.9 Å². The second-order valence-electron chi connectivity index (χ2n) is 5.12. The van der Waals surface area contributed by atoms with Crippen molar-refractivity contribution in [3.05, 3.63) is 30.9 Å². The lowest BCUT2D eigenvalue weighted by Gasteiger charge is -2.21. The standard InChI is InChI=1S/C14H20N6/c1-18(9-10-20-8-4-5-17-20)13-11-14(16-12-15-13)19-6-2-3-7-19/h4-5,8,11-12H,2-3,6-7,9-10H2,1H3. The summed E-state index contributed by atoms with van der Waals surface area (Å²) in [6.07, 6.45) is 7.95. The largest absolute Gasteiger partial charge is 0.358 e. The number of aromatic nitrogens is 4. The Kier molecular flexibility index (Phi) is 3.80. The molecule has 1 fully saturated rings. The number of likely N-dealkylation sites (N-methyl/N-ethyl adjacent to an activating group) is 1. The first-order chi connectivity index (χ1) is 9.83. The van der Waals surface area contributed by atoms with E-state index in [4.69, 9.17) is 0 Å². The smallest absolute Gasteiger partial charge is 0.134 e. The molecule has 2 aromatic heterocycles. The number of nitrogens with zero attached hydrogens (tertiary/aromatic N) is 6. The Morgan fingerprint density at radius 2 is 2.10 bits per heavy atom. The summed E-state index contributed by atoms with van der Waals surface area (Å²) in [5.41, 5.74) is 0. The molecule has 1 aliphatic rings. The van der Waals surface area contributed by atoms with Gasteiger partial charge in [0.05, 0.1) is 6.54 Å². The molecule has 0 N–H and O–H groups in total. The zero-order chi connectivity index (χ0) is 13.8. The van der Waals surface area contributed by atoms with Crippen molar-refractivity contribution in [1.82, 2.24) is 19.7 Å². The van der Waals surface area contributed by atoms with Crippen LogP contribution in [0.2, 0.25) is 0 Å². The van der Waals surface area contributed by atoms with Crippen LogP contribution in [0.3, 0.4) is 0 Å². The first kappa shape index (κ1) is 12.9. The molecule has 6 heteroatoms. The molecule has 0 amide bonds. The van der Waals surface area contributed by atoms with Gasteiger partial charge in [0.15, 0.2) is 0 Å². The van der Waals surface area contributed by atoms with Crippen molar-refractivity contribution >= 4 is 11.6 Å². The molecular weight excluding hydrogens is 252 g/mol. The van der Waals surface area contributed by atoms with Crippen molar-refractivity contribution in [2.45, 2.75) is 19.4 Å². The van der Waals surface area contributed by atoms with Crippen LogP contribution in [0.1, 0.15) is 12.8 Å². The zero-order valence-corrected chi connectivity index (χ0v) is 11.8. The van der Waals surface area contributed by atoms with Gasteiger partial charge >= 0.3 is 0 Å². The Hall–Kier alpha value is -2.11. The highest BCUT2D eigenvalue weighted by Gasteiger charge is 2.14. The van der Waals surface area contributed by atoms with Crippen LogP contribution in [0.5, 0.6) is 0 Å². The fourth-order valence-electron chi connectivity index (χ4n) is 2.46. The van der Waals surface area contributed by atoms with E-state index >= 15 is 0 Å². The Labute approximate surface area is 119 Å². The van der Waals surface area contributed by atoms with Gasteiger partial charge in [-0.3, -0.25) is 4.68 Å². The van der Waals surface area contributed by atoms with Gasteiger partial charge in [0, 0.05) is 45.1 Å². The molecule has 20 heavy (non-hydrogen) atoms. The number of rotatable bonds is 5. The number of hydrogen-bond acceptors (Lipinski definition) is 5. The third-order valence-corrected chi connectivity index (χ3v) is 3.68. The normalized spacial score (nSPS) is 14.8. The molecule has 0 saturated carbocycles. The summed E-state index contributed by atoms with van der Waals surface area (Å²) in [6, 6.07) is 4.02. The molecule has 0 bridgehead atoms. The first-order valence-electron chi connectivity index (χ1n) is 7.08. The fourth-order valence-corrected chi connectivity index (χ4v) is 2.46. The molecule has 0 unspecified atom stereocenters. The van der Waals surface area contributed by atoms with E-state index in [9.17, 15) is 0 Å². The van der Waals surface area contributed by atoms with Crippen LogP contribution in [-0.4, -0.2) is 46.4 Å². The highest BCUT2D eigenvalue weighted by atomic mass is 15.3. The van der Waals surface area contributed by atoms with Gasteiger partial charge in [0.25, 0.3) is 0 Å². The Bertz CT molecular complexity index is 532. The molecular formula is C14H20N6. The lowest BCUT2D eigenvalue weighted by atomic mass is 10.4. The van der Waals surface area contributed by atoms with Gasteiger partial charge in [-0.25, -0.2) is 9.97 Å². The van der Waals surface area contributed by atoms with E-state index in [0.29, 0.717) is 0 Å². The van der Waals surface area contributed by atoms with E-state index in [1.807, 2.05) is 16.9 Å². The zero-order valence-electron chi connectivity index (χ0n) is 11.8. The summed E-state index contributed by atoms with van der Waals surface area (Å²) in [4.78, 5) is 13.2. The minimum Gasteiger partial charge on any atom is -0.358 e. The van der Waals surface area contributed by atoms with Crippen molar-refractivity contribution in [3.63, 3.8) is 0 Å². The van der Waals surface area contributed by atoms with E-state index in [1.54, 1.807) is 12.5 Å². The predicted octanol–water partition coefficient (Wildman–Crippen LogP) is 1.41. The van der Waals surface area contributed by atoms with Gasteiger partial charge < -0.3 is 9.80 Å². The van der Waals surface area contributed by atoms with Crippen LogP contribution in [0.25, 0.3) is 0 Å². The molecule has 0 aromatic carbocycles. The van der Waals surface area contributed by atoms with Gasteiger partial charge in [-0.1, -0.05) is 0 Å². The van der Waals surface area contributed by atoms with E-state index in [2.05, 4.69) is 38.0 Å². The van der Waals surface area contributed by atoms with Crippen LogP contribution in [0.15, 0.2) is 30.9 Å². The second-order valence-corrected chi connectivity index (χ2v) is 5.12. The lowest BCUT2D eigenvalue weighted by molar-refractivity contribution is 0.609. The predicted molar refractivity (Wildman–Crippen MR) is 79.0 cm³/mol. The summed E-state index contributed by atoms with van der Waals surface area (Å²) in [5, 5.41) is 4.21. The molecule has 0 spiro atoms. The highest BCUT2D eigenvalue weighted by molar-refractivity contribution is 5.50. The molecule has 2 aromatic rings. The molecule has 1 saturated heterocycles. The van der Waals surface area contributed by atoms with Crippen molar-refractivity contribution < 1.29 is 0 Å². The maximum absolute atomic E-state index is 4.38. The van der Waals surface area contributed by atoms with E-state index < -0.39 is 0 Å². The van der Waals surface area contributed by atoms with Gasteiger partial charge in [0.2, 0.25) is 0 Å². The SMILES string of the molecule is CN(CCn1cccn1)c1cc(N2CCCC2)ncn1. The topological polar surface area (TPSA) is 50.1 Å². The minimum atomic E-state index is 0.854. The Morgan fingerprint density at radius 3 is 2.85 bits per heavy atom. The molecule has 0 atom stereocenters. The average Bonchev–Trinajstić information content (AvgIpc) is 3.18. The van der Waals surface area contributed by atoms with E-state index in [-0.39, 0.29) is 0 Å². The summed E-state index contributed by atoms with van der Waals surface area (Å²) in [6.45, 7) is 3.94. The molecule has 6 nitrogen and oxygen atoms in total. The van der Waals surface area contributed by atoms with Gasteiger partial charge in [-0.2, -0.15) is 5.10 Å². The Balaban J connectivity index is 1.64. The van der Waals surface area contributed by atoms with Crippen LogP contribution in [-0.2, 0) is 6.54 Å². The Morgan fingerprint density at radius 1 is 1.25 bits per heavy atom. The van der Waals surface area contributed by atoms with Crippen LogP contribution < -0.4 is 9.80 Å². The van der Waals surface area contributed by atoms with E-state index in [1.165, 1.54) is 12.8 Å². The molecule has 106 valence electrons. The lowest BCUT2D eigenvalue weighted by Crippen LogP contribution is -2.25. The molecule has 1 aliphatic heterocycles. The average molecular weight is 272 g/mol. The fraction of sp³-hybridized carbons (Fsp3) is 0.500. The first-order valence-corrected chi connectivity index (χ1v) is 7.08. The van der Waals surface area contributed by atoms with Crippen LogP contribution >= 0.6 is 0 Å². The van der Waals surface area contributed by atoms with Crippen molar-refractivity contribution in [1.29, 1.82) is 0 Å². The summed E-state index contributed by atoms with van der Waals surface area (Å²) < 4.78 is 1.93. The van der Waals surface area contributed by atoms with Crippen molar-refractivity contribution in [2.24, 2.45) is 0 Å². The molecule has 0 radical (unpaired) electrons. The summed E-state index contributed by atoms with van der Waals surface area (Å²) in [5.74, 6) is 2.01. The van der Waals surface area contributed by atoms with Gasteiger partial charge in [-0.15, -0.1) is 0 Å². The molecule has 3 rings (SSSR count). The maximum Gasteiger partial charge on any atom is 0.134 e. The van der Waals surface area contributed by atoms with Crippen LogP contribution in [0.4, 0.5) is 11.6 Å². The summed E-state index contributed by atoms with van der Waals surface area (Å²) in [7, 11) is 2.06. The number of hydrogen-bond donors (Lipinski definition) is 0. The van der Waals surface area contributed by atoms with Crippen molar-refractivity contribution in [2.75, 3.05) is 36.5 Å². The van der Waals surface area contributed by atoms with E-state index in [0.717, 1.165) is 37.8 Å². The minimum absolute atomic E-state index is 0.854. The monoisotopic (exact) mass is 272 g/mol. The number of anilines is 2.